The van der Waals surface area contributed by atoms with Gasteiger partial charge >= 0.3 is 0 Å². The maximum Gasteiger partial charge on any atom is 0.161 e. The van der Waals surface area contributed by atoms with Crippen molar-refractivity contribution in [3.05, 3.63) is 56.0 Å². The number of rotatable bonds is 7. The third-order valence-corrected chi connectivity index (χ3v) is 3.09. The predicted molar refractivity (Wildman–Crippen MR) is 88.5 cm³/mol. The number of hydrogen-bond donors (Lipinski definition) is 1. The van der Waals surface area contributed by atoms with Crippen molar-refractivity contribution >= 4 is 11.2 Å². The molecule has 0 spiro atoms. The van der Waals surface area contributed by atoms with Gasteiger partial charge in [-0.15, -0.1) is 0 Å². The number of hydrogen-bond acceptors (Lipinski definition) is 5. The van der Waals surface area contributed by atoms with E-state index in [-0.39, 0.29) is 0 Å². The lowest BCUT2D eigenvalue weighted by Crippen LogP contribution is -1.98. The van der Waals surface area contributed by atoms with Crippen molar-refractivity contribution < 1.29 is 9.47 Å². The lowest BCUT2D eigenvalue weighted by atomic mass is 10.2. The molecule has 3 rings (SSSR count). The Kier molecular flexibility index (Phi) is 4.33. The van der Waals surface area contributed by atoms with Crippen LogP contribution in [0.25, 0.3) is 22.6 Å². The highest BCUT2D eigenvalue weighted by molar-refractivity contribution is 5.77. The first-order valence-corrected chi connectivity index (χ1v) is 7.09. The van der Waals surface area contributed by atoms with Crippen molar-refractivity contribution in [1.82, 2.24) is 19.9 Å². The summed E-state index contributed by atoms with van der Waals surface area (Å²) in [6.45, 7) is 8.13. The molecule has 0 amide bonds. The molecule has 0 aliphatic rings. The van der Waals surface area contributed by atoms with Crippen LogP contribution in [0.2, 0.25) is 0 Å². The van der Waals surface area contributed by atoms with E-state index in [1.165, 1.54) is 6.33 Å². The molecule has 6 nitrogen and oxygen atoms in total. The smallest absolute Gasteiger partial charge is 0.161 e. The SMILES string of the molecule is C=CCOc1ccc(-c2nc3cncnc3[nH]2)c(OCC=C)c1. The van der Waals surface area contributed by atoms with Gasteiger partial charge < -0.3 is 14.5 Å². The molecule has 2 heterocycles. The summed E-state index contributed by atoms with van der Waals surface area (Å²) in [4.78, 5) is 15.8. The van der Waals surface area contributed by atoms with Gasteiger partial charge in [0.25, 0.3) is 0 Å². The molecular formula is C17H16N4O2. The van der Waals surface area contributed by atoms with E-state index < -0.39 is 0 Å². The fourth-order valence-corrected chi connectivity index (χ4v) is 2.10. The third-order valence-electron chi connectivity index (χ3n) is 3.09. The van der Waals surface area contributed by atoms with Gasteiger partial charge in [-0.3, -0.25) is 0 Å². The third kappa shape index (κ3) is 3.21. The van der Waals surface area contributed by atoms with Gasteiger partial charge in [0.1, 0.15) is 42.4 Å². The number of benzene rings is 1. The summed E-state index contributed by atoms with van der Waals surface area (Å²) in [6.07, 6.45) is 6.51. The number of ether oxygens (including phenoxy) is 2. The summed E-state index contributed by atoms with van der Waals surface area (Å²) in [5.74, 6) is 2.01. The molecule has 3 aromatic rings. The van der Waals surface area contributed by atoms with Crippen molar-refractivity contribution in [2.75, 3.05) is 13.2 Å². The Morgan fingerprint density at radius 1 is 1.13 bits per heavy atom. The highest BCUT2D eigenvalue weighted by Gasteiger charge is 2.13. The normalized spacial score (nSPS) is 10.4. The van der Waals surface area contributed by atoms with Crippen LogP contribution in [0, 0.1) is 0 Å². The molecule has 0 saturated carbocycles. The molecule has 1 N–H and O–H groups in total. The van der Waals surface area contributed by atoms with Crippen LogP contribution < -0.4 is 9.47 Å². The molecule has 0 bridgehead atoms. The predicted octanol–water partition coefficient (Wildman–Crippen LogP) is 3.15. The Hall–Kier alpha value is -3.15. The lowest BCUT2D eigenvalue weighted by molar-refractivity contribution is 0.346. The first-order valence-electron chi connectivity index (χ1n) is 7.09. The van der Waals surface area contributed by atoms with Gasteiger partial charge in [0.05, 0.1) is 11.8 Å². The number of fused-ring (bicyclic) bond motifs is 1. The van der Waals surface area contributed by atoms with Gasteiger partial charge in [-0.2, -0.15) is 0 Å². The zero-order valence-corrected chi connectivity index (χ0v) is 12.5. The quantitative estimate of drug-likeness (QED) is 0.679. The zero-order valence-electron chi connectivity index (χ0n) is 12.5. The van der Waals surface area contributed by atoms with E-state index in [4.69, 9.17) is 9.47 Å². The topological polar surface area (TPSA) is 72.9 Å². The highest BCUT2D eigenvalue weighted by atomic mass is 16.5. The van der Waals surface area contributed by atoms with Gasteiger partial charge in [0, 0.05) is 6.07 Å². The van der Waals surface area contributed by atoms with E-state index in [0.717, 1.165) is 5.56 Å². The molecule has 0 aliphatic heterocycles. The second kappa shape index (κ2) is 6.74. The fraction of sp³-hybridized carbons (Fsp3) is 0.118. The van der Waals surface area contributed by atoms with Crippen molar-refractivity contribution in [3.8, 4) is 22.9 Å². The summed E-state index contributed by atoms with van der Waals surface area (Å²) < 4.78 is 11.3. The summed E-state index contributed by atoms with van der Waals surface area (Å²) >= 11 is 0. The van der Waals surface area contributed by atoms with Gasteiger partial charge in [0.15, 0.2) is 5.65 Å². The molecule has 1 aromatic carbocycles. The van der Waals surface area contributed by atoms with Crippen LogP contribution in [0.4, 0.5) is 0 Å². The minimum Gasteiger partial charge on any atom is -0.489 e. The Morgan fingerprint density at radius 3 is 2.74 bits per heavy atom. The van der Waals surface area contributed by atoms with Crippen LogP contribution in [0.15, 0.2) is 56.0 Å². The summed E-state index contributed by atoms with van der Waals surface area (Å²) in [5, 5.41) is 0. The Morgan fingerprint density at radius 2 is 1.96 bits per heavy atom. The first-order chi connectivity index (χ1) is 11.3. The summed E-state index contributed by atoms with van der Waals surface area (Å²) in [6, 6.07) is 5.57. The number of nitrogens with zero attached hydrogens (tertiary/aromatic N) is 3. The number of H-pyrrole nitrogens is 1. The molecule has 0 unspecified atom stereocenters. The van der Waals surface area contributed by atoms with E-state index in [2.05, 4.69) is 33.1 Å². The molecular weight excluding hydrogens is 292 g/mol. The molecule has 0 atom stereocenters. The number of imidazole rings is 1. The fourth-order valence-electron chi connectivity index (χ4n) is 2.10. The average Bonchev–Trinajstić information content (AvgIpc) is 3.02. The molecule has 6 heteroatoms. The van der Waals surface area contributed by atoms with Crippen molar-refractivity contribution in [2.24, 2.45) is 0 Å². The number of nitrogens with one attached hydrogen (secondary N) is 1. The van der Waals surface area contributed by atoms with E-state index in [1.807, 2.05) is 18.2 Å². The zero-order chi connectivity index (χ0) is 16.1. The lowest BCUT2D eigenvalue weighted by Gasteiger charge is -2.11. The molecule has 116 valence electrons. The first kappa shape index (κ1) is 14.8. The van der Waals surface area contributed by atoms with E-state index in [9.17, 15) is 0 Å². The standard InChI is InChI=1S/C17H16N4O2/c1-3-7-22-12-5-6-13(15(9-12)23-8-4-2)16-20-14-10-18-11-19-17(14)21-16/h3-6,9-11H,1-2,7-8H2,(H,18,19,20,21). The maximum absolute atomic E-state index is 5.74. The van der Waals surface area contributed by atoms with Crippen LogP contribution in [0.1, 0.15) is 0 Å². The average molecular weight is 308 g/mol. The molecule has 2 aromatic heterocycles. The van der Waals surface area contributed by atoms with Crippen molar-refractivity contribution in [2.45, 2.75) is 0 Å². The van der Waals surface area contributed by atoms with Crippen LogP contribution >= 0.6 is 0 Å². The van der Waals surface area contributed by atoms with Crippen LogP contribution in [-0.4, -0.2) is 33.1 Å². The summed E-state index contributed by atoms with van der Waals surface area (Å²) in [7, 11) is 0. The Balaban J connectivity index is 2.01. The summed E-state index contributed by atoms with van der Waals surface area (Å²) in [5.41, 5.74) is 2.19. The maximum atomic E-state index is 5.74. The molecule has 0 aliphatic carbocycles. The molecule has 23 heavy (non-hydrogen) atoms. The Bertz CT molecular complexity index is 808. The minimum absolute atomic E-state index is 0.387. The van der Waals surface area contributed by atoms with Crippen molar-refractivity contribution in [3.63, 3.8) is 0 Å². The van der Waals surface area contributed by atoms with Crippen LogP contribution in [0.5, 0.6) is 11.5 Å². The molecule has 0 radical (unpaired) electrons. The van der Waals surface area contributed by atoms with Gasteiger partial charge in [-0.05, 0) is 12.1 Å². The number of aromatic nitrogens is 4. The van der Waals surface area contributed by atoms with Gasteiger partial charge in [-0.25, -0.2) is 15.0 Å². The largest absolute Gasteiger partial charge is 0.489 e. The van der Waals surface area contributed by atoms with Gasteiger partial charge in [0.2, 0.25) is 0 Å². The van der Waals surface area contributed by atoms with Gasteiger partial charge in [-0.1, -0.05) is 25.3 Å². The van der Waals surface area contributed by atoms with Crippen molar-refractivity contribution in [1.29, 1.82) is 0 Å². The number of aromatic amines is 1. The molecule has 0 fully saturated rings. The van der Waals surface area contributed by atoms with E-state index in [1.54, 1.807) is 18.3 Å². The monoisotopic (exact) mass is 308 g/mol. The van der Waals surface area contributed by atoms with E-state index in [0.29, 0.717) is 41.7 Å². The minimum atomic E-state index is 0.387. The van der Waals surface area contributed by atoms with E-state index >= 15 is 0 Å². The van der Waals surface area contributed by atoms with Crippen LogP contribution in [-0.2, 0) is 0 Å². The van der Waals surface area contributed by atoms with Crippen LogP contribution in [0.3, 0.4) is 0 Å². The second-order valence-electron chi connectivity index (χ2n) is 4.70. The Labute approximate surface area is 133 Å². The second-order valence-corrected chi connectivity index (χ2v) is 4.70. The highest BCUT2D eigenvalue weighted by Crippen LogP contribution is 2.32. The molecule has 0 saturated heterocycles.